The predicted molar refractivity (Wildman–Crippen MR) is 141 cm³/mol. The van der Waals surface area contributed by atoms with Crippen molar-refractivity contribution in [2.24, 2.45) is 0 Å². The zero-order chi connectivity index (χ0) is 25.2. The number of hydrogen-bond donors (Lipinski definition) is 1. The Morgan fingerprint density at radius 3 is 2.31 bits per heavy atom. The van der Waals surface area contributed by atoms with E-state index in [1.54, 1.807) is 30.3 Å². The van der Waals surface area contributed by atoms with Gasteiger partial charge in [-0.25, -0.2) is 4.39 Å². The Bertz CT molecular complexity index is 1110. The molecule has 0 saturated carbocycles. The van der Waals surface area contributed by atoms with E-state index in [1.807, 2.05) is 56.3 Å². The topological polar surface area (TPSA) is 49.4 Å². The molecule has 184 valence electrons. The largest absolute Gasteiger partial charge is 0.352 e. The van der Waals surface area contributed by atoms with Crippen molar-refractivity contribution in [3.8, 4) is 0 Å². The Morgan fingerprint density at radius 1 is 1.00 bits per heavy atom. The lowest BCUT2D eigenvalue weighted by Gasteiger charge is -2.32. The third kappa shape index (κ3) is 8.11. The molecule has 3 aromatic rings. The van der Waals surface area contributed by atoms with Crippen molar-refractivity contribution in [1.29, 1.82) is 0 Å². The van der Waals surface area contributed by atoms with Crippen LogP contribution in [0.5, 0.6) is 0 Å². The minimum atomic E-state index is -0.788. The number of nitrogens with one attached hydrogen (secondary N) is 1. The van der Waals surface area contributed by atoms with Crippen LogP contribution in [-0.2, 0) is 22.6 Å². The minimum Gasteiger partial charge on any atom is -0.352 e. The molecule has 35 heavy (non-hydrogen) atoms. The Balaban J connectivity index is 1.91. The van der Waals surface area contributed by atoms with Crippen molar-refractivity contribution < 1.29 is 14.0 Å². The highest BCUT2D eigenvalue weighted by Crippen LogP contribution is 2.23. The van der Waals surface area contributed by atoms with E-state index >= 15 is 0 Å². The van der Waals surface area contributed by atoms with Gasteiger partial charge >= 0.3 is 0 Å². The predicted octanol–water partition coefficient (Wildman–Crippen LogP) is 6.13. The Labute approximate surface area is 215 Å². The van der Waals surface area contributed by atoms with Gasteiger partial charge in [-0.15, -0.1) is 11.8 Å². The van der Waals surface area contributed by atoms with Crippen LogP contribution >= 0.6 is 23.4 Å². The van der Waals surface area contributed by atoms with Crippen molar-refractivity contribution >= 4 is 35.2 Å². The average Bonchev–Trinajstić information content (AvgIpc) is 2.87. The summed E-state index contributed by atoms with van der Waals surface area (Å²) in [7, 11) is 0. The van der Waals surface area contributed by atoms with Gasteiger partial charge in [-0.1, -0.05) is 67.1 Å². The van der Waals surface area contributed by atoms with E-state index in [2.05, 4.69) is 5.32 Å². The third-order valence-electron chi connectivity index (χ3n) is 5.75. The summed E-state index contributed by atoms with van der Waals surface area (Å²) in [5, 5.41) is 3.63. The lowest BCUT2D eigenvalue weighted by molar-refractivity contribution is -0.139. The van der Waals surface area contributed by atoms with Crippen LogP contribution in [0.15, 0.2) is 83.8 Å². The van der Waals surface area contributed by atoms with Gasteiger partial charge in [0.15, 0.2) is 0 Å². The summed E-state index contributed by atoms with van der Waals surface area (Å²) in [6.07, 6.45) is 1.09. The highest BCUT2D eigenvalue weighted by atomic mass is 35.5. The summed E-state index contributed by atoms with van der Waals surface area (Å²) in [5.74, 6) is -0.785. The van der Waals surface area contributed by atoms with Crippen LogP contribution in [0.1, 0.15) is 31.4 Å². The molecule has 0 spiro atoms. The van der Waals surface area contributed by atoms with Crippen molar-refractivity contribution in [1.82, 2.24) is 10.2 Å². The highest BCUT2D eigenvalue weighted by molar-refractivity contribution is 8.00. The molecule has 0 radical (unpaired) electrons. The lowest BCUT2D eigenvalue weighted by atomic mass is 10.0. The molecule has 0 heterocycles. The van der Waals surface area contributed by atoms with Gasteiger partial charge in [0.2, 0.25) is 11.8 Å². The van der Waals surface area contributed by atoms with Crippen LogP contribution in [0.4, 0.5) is 4.39 Å². The summed E-state index contributed by atoms with van der Waals surface area (Å²) in [5.41, 5.74) is 1.29. The number of nitrogens with zero attached hydrogens (tertiary/aromatic N) is 1. The fourth-order valence-electron chi connectivity index (χ4n) is 3.56. The maximum Gasteiger partial charge on any atom is 0.243 e. The molecule has 0 aliphatic rings. The average molecular weight is 513 g/mol. The molecule has 3 aromatic carbocycles. The van der Waals surface area contributed by atoms with E-state index in [9.17, 15) is 14.0 Å². The van der Waals surface area contributed by atoms with Crippen LogP contribution in [0, 0.1) is 5.82 Å². The van der Waals surface area contributed by atoms with E-state index in [0.29, 0.717) is 17.0 Å². The van der Waals surface area contributed by atoms with Crippen molar-refractivity contribution in [3.05, 3.63) is 101 Å². The molecule has 1 N–H and O–H groups in total. The number of halogens is 2. The first-order valence-electron chi connectivity index (χ1n) is 11.6. The first-order chi connectivity index (χ1) is 16.9. The third-order valence-corrected chi connectivity index (χ3v) is 7.00. The number of carbonyl (C=O) groups excluding carboxylic acids is 2. The molecule has 0 saturated heterocycles. The van der Waals surface area contributed by atoms with E-state index in [1.165, 1.54) is 22.7 Å². The molecule has 0 aromatic heterocycles. The molecule has 0 fully saturated rings. The van der Waals surface area contributed by atoms with Gasteiger partial charge in [-0.05, 0) is 49.2 Å². The number of rotatable bonds is 11. The second-order valence-electron chi connectivity index (χ2n) is 8.38. The van der Waals surface area contributed by atoms with Crippen molar-refractivity contribution in [3.63, 3.8) is 0 Å². The van der Waals surface area contributed by atoms with Crippen LogP contribution < -0.4 is 5.32 Å². The number of amides is 2. The summed E-state index contributed by atoms with van der Waals surface area (Å²) < 4.78 is 14.6. The molecule has 7 heteroatoms. The summed E-state index contributed by atoms with van der Waals surface area (Å²) in [4.78, 5) is 29.4. The number of hydrogen-bond acceptors (Lipinski definition) is 3. The Kier molecular flexibility index (Phi) is 10.2. The fourth-order valence-corrected chi connectivity index (χ4v) is 4.47. The van der Waals surface area contributed by atoms with E-state index < -0.39 is 11.9 Å². The second-order valence-corrected chi connectivity index (χ2v) is 9.86. The molecule has 0 bridgehead atoms. The maximum absolute atomic E-state index is 14.6. The number of benzene rings is 3. The summed E-state index contributed by atoms with van der Waals surface area (Å²) in [6.45, 7) is 3.91. The van der Waals surface area contributed by atoms with Gasteiger partial charge in [0.1, 0.15) is 11.9 Å². The molecular formula is C28H30ClFN2O2S. The Hall–Kier alpha value is -2.83. The number of carbonyl (C=O) groups is 2. The molecule has 4 nitrogen and oxygen atoms in total. The smallest absolute Gasteiger partial charge is 0.243 e. The van der Waals surface area contributed by atoms with Crippen LogP contribution in [0.25, 0.3) is 0 Å². The molecule has 2 amide bonds. The van der Waals surface area contributed by atoms with Gasteiger partial charge < -0.3 is 10.2 Å². The van der Waals surface area contributed by atoms with Gasteiger partial charge in [0.05, 0.1) is 5.75 Å². The Morgan fingerprint density at radius 2 is 1.66 bits per heavy atom. The molecule has 0 aliphatic heterocycles. The lowest BCUT2D eigenvalue weighted by Crippen LogP contribution is -2.52. The summed E-state index contributed by atoms with van der Waals surface area (Å²) in [6, 6.07) is 22.3. The van der Waals surface area contributed by atoms with Crippen LogP contribution in [0.2, 0.25) is 5.02 Å². The first-order valence-corrected chi connectivity index (χ1v) is 13.0. The molecule has 3 rings (SSSR count). The molecule has 0 unspecified atom stereocenters. The number of thioether (sulfide) groups is 1. The second kappa shape index (κ2) is 13.3. The van der Waals surface area contributed by atoms with E-state index in [4.69, 9.17) is 11.6 Å². The van der Waals surface area contributed by atoms with Gasteiger partial charge in [-0.3, -0.25) is 9.59 Å². The fraction of sp³-hybridized carbons (Fsp3) is 0.286. The first kappa shape index (κ1) is 26.8. The van der Waals surface area contributed by atoms with Gasteiger partial charge in [0, 0.05) is 34.5 Å². The highest BCUT2D eigenvalue weighted by Gasteiger charge is 2.31. The van der Waals surface area contributed by atoms with Gasteiger partial charge in [0.25, 0.3) is 0 Å². The van der Waals surface area contributed by atoms with Crippen LogP contribution in [-0.4, -0.2) is 34.6 Å². The summed E-state index contributed by atoms with van der Waals surface area (Å²) >= 11 is 7.33. The van der Waals surface area contributed by atoms with Crippen molar-refractivity contribution in [2.75, 3.05) is 5.75 Å². The quantitative estimate of drug-likeness (QED) is 0.314. The molecular weight excluding hydrogens is 483 g/mol. The van der Waals surface area contributed by atoms with Crippen LogP contribution in [0.3, 0.4) is 0 Å². The van der Waals surface area contributed by atoms with Crippen molar-refractivity contribution in [2.45, 2.75) is 50.2 Å². The normalized spacial score (nSPS) is 12.6. The maximum atomic E-state index is 14.6. The molecule has 0 aliphatic carbocycles. The SMILES string of the molecule is CC[C@@H](C)NC(=O)[C@@H](Cc1ccccc1)N(Cc1ccccc1F)C(=O)CSc1ccc(Cl)cc1. The zero-order valence-electron chi connectivity index (χ0n) is 19.9. The van der Waals surface area contributed by atoms with E-state index in [0.717, 1.165) is 16.9 Å². The zero-order valence-corrected chi connectivity index (χ0v) is 21.5. The molecule has 2 atom stereocenters. The minimum absolute atomic E-state index is 0.00187. The monoisotopic (exact) mass is 512 g/mol. The van der Waals surface area contributed by atoms with Gasteiger partial charge in [-0.2, -0.15) is 0 Å². The standard InChI is InChI=1S/C28H30ClFN2O2S/c1-3-20(2)31-28(34)26(17-21-9-5-4-6-10-21)32(18-22-11-7-8-12-25(22)30)27(33)19-35-24-15-13-23(29)14-16-24/h4-16,20,26H,3,17-19H2,1-2H3,(H,31,34)/t20-,26-/m1/s1. The van der Waals surface area contributed by atoms with E-state index in [-0.39, 0.29) is 30.2 Å².